The Balaban J connectivity index is 2.36. The fourth-order valence-corrected chi connectivity index (χ4v) is 3.52. The SMILES string of the molecule is COC(=O)c1cc(N(O)C(=O)OC)ccc1S(=O)(=O)NC(=O)Nc1cc(OC)cc(OC)n1. The molecule has 3 N–H and O–H groups in total. The number of ether oxygens (including phenoxy) is 4. The summed E-state index contributed by atoms with van der Waals surface area (Å²) < 4.78 is 46.2. The fraction of sp³-hybridized carbons (Fsp3) is 0.222. The van der Waals surface area contributed by atoms with Gasteiger partial charge >= 0.3 is 18.1 Å². The average molecular weight is 484 g/mol. The van der Waals surface area contributed by atoms with Crippen molar-refractivity contribution in [3.8, 4) is 11.6 Å². The zero-order valence-corrected chi connectivity index (χ0v) is 18.6. The van der Waals surface area contributed by atoms with Gasteiger partial charge in [0.1, 0.15) is 16.5 Å². The highest BCUT2D eigenvalue weighted by molar-refractivity contribution is 7.90. The number of hydroxylamine groups is 1. The predicted octanol–water partition coefficient (Wildman–Crippen LogP) is 1.36. The number of carbonyl (C=O) groups is 3. The molecule has 2 rings (SSSR count). The summed E-state index contributed by atoms with van der Waals surface area (Å²) >= 11 is 0. The largest absolute Gasteiger partial charge is 0.496 e. The lowest BCUT2D eigenvalue weighted by Crippen LogP contribution is -2.35. The van der Waals surface area contributed by atoms with Crippen LogP contribution in [-0.2, 0) is 19.5 Å². The molecule has 0 aliphatic rings. The van der Waals surface area contributed by atoms with Crippen LogP contribution < -0.4 is 24.6 Å². The van der Waals surface area contributed by atoms with Crippen molar-refractivity contribution in [1.82, 2.24) is 9.71 Å². The summed E-state index contributed by atoms with van der Waals surface area (Å²) in [5, 5.41) is 12.1. The van der Waals surface area contributed by atoms with Crippen molar-refractivity contribution in [2.75, 3.05) is 38.8 Å². The maximum atomic E-state index is 12.8. The van der Waals surface area contributed by atoms with E-state index in [9.17, 15) is 28.0 Å². The molecule has 0 aliphatic carbocycles. The Morgan fingerprint density at radius 2 is 1.70 bits per heavy atom. The second-order valence-corrected chi connectivity index (χ2v) is 7.60. The van der Waals surface area contributed by atoms with Gasteiger partial charge < -0.3 is 18.9 Å². The van der Waals surface area contributed by atoms with Gasteiger partial charge in [0.25, 0.3) is 10.0 Å². The molecule has 0 atom stereocenters. The van der Waals surface area contributed by atoms with Crippen LogP contribution in [0.5, 0.6) is 11.6 Å². The Hall–Kier alpha value is -4.11. The minimum Gasteiger partial charge on any atom is -0.496 e. The fourth-order valence-electron chi connectivity index (χ4n) is 2.43. The van der Waals surface area contributed by atoms with Crippen molar-refractivity contribution in [3.05, 3.63) is 35.9 Å². The molecule has 3 amide bonds. The second-order valence-electron chi connectivity index (χ2n) is 5.95. The molecule has 0 saturated heterocycles. The number of nitrogens with zero attached hydrogens (tertiary/aromatic N) is 2. The van der Waals surface area contributed by atoms with Gasteiger partial charge in [0.05, 0.1) is 39.7 Å². The van der Waals surface area contributed by atoms with Crippen molar-refractivity contribution in [2.24, 2.45) is 0 Å². The molecule has 178 valence electrons. The number of anilines is 2. The molecule has 1 aromatic carbocycles. The normalized spacial score (nSPS) is 10.6. The van der Waals surface area contributed by atoms with E-state index in [1.807, 2.05) is 0 Å². The number of amides is 3. The van der Waals surface area contributed by atoms with Crippen molar-refractivity contribution in [1.29, 1.82) is 0 Å². The van der Waals surface area contributed by atoms with Crippen LogP contribution in [-0.4, -0.2) is 65.1 Å². The molecule has 0 aliphatic heterocycles. The zero-order valence-electron chi connectivity index (χ0n) is 17.8. The summed E-state index contributed by atoms with van der Waals surface area (Å²) in [5.41, 5.74) is -0.863. The Morgan fingerprint density at radius 3 is 2.27 bits per heavy atom. The number of carbonyl (C=O) groups excluding carboxylic acids is 3. The number of sulfonamides is 1. The average Bonchev–Trinajstić information content (AvgIpc) is 2.81. The van der Waals surface area contributed by atoms with Crippen LogP contribution in [0.25, 0.3) is 0 Å². The van der Waals surface area contributed by atoms with Gasteiger partial charge in [-0.2, -0.15) is 10.0 Å². The lowest BCUT2D eigenvalue weighted by molar-refractivity contribution is 0.0596. The lowest BCUT2D eigenvalue weighted by Gasteiger charge is -2.16. The molecule has 0 fully saturated rings. The molecular formula is C18H20N4O10S. The molecular weight excluding hydrogens is 464 g/mol. The van der Waals surface area contributed by atoms with Gasteiger partial charge in [-0.3, -0.25) is 10.5 Å². The third-order valence-electron chi connectivity index (χ3n) is 3.94. The standard InChI is InChI=1S/C18H20N4O10S/c1-29-11-8-14(19-15(9-11)30-2)20-17(24)21-33(27,28)13-6-5-10(22(26)18(25)32-4)7-12(13)16(23)31-3/h5-9,26H,1-4H3,(H2,19,20,21,24). The second kappa shape index (κ2) is 10.5. The molecule has 1 heterocycles. The summed E-state index contributed by atoms with van der Waals surface area (Å²) in [7, 11) is 0.0618. The summed E-state index contributed by atoms with van der Waals surface area (Å²) in [6.45, 7) is 0. The van der Waals surface area contributed by atoms with Gasteiger partial charge in [0, 0.05) is 12.1 Å². The number of methoxy groups -OCH3 is 4. The Kier molecular flexibility index (Phi) is 7.98. The first-order valence-electron chi connectivity index (χ1n) is 8.79. The van der Waals surface area contributed by atoms with Gasteiger partial charge in [-0.25, -0.2) is 27.5 Å². The van der Waals surface area contributed by atoms with Crippen LogP contribution in [0.4, 0.5) is 21.1 Å². The van der Waals surface area contributed by atoms with E-state index in [0.29, 0.717) is 0 Å². The van der Waals surface area contributed by atoms with Gasteiger partial charge in [-0.05, 0) is 18.2 Å². The zero-order chi connectivity index (χ0) is 24.8. The van der Waals surface area contributed by atoms with Gasteiger partial charge in [0.15, 0.2) is 0 Å². The Morgan fingerprint density at radius 1 is 1.00 bits per heavy atom. The molecule has 0 unspecified atom stereocenters. The number of esters is 1. The van der Waals surface area contributed by atoms with E-state index in [2.05, 4.69) is 19.8 Å². The number of aromatic nitrogens is 1. The molecule has 0 radical (unpaired) electrons. The first-order chi connectivity index (χ1) is 15.6. The molecule has 33 heavy (non-hydrogen) atoms. The summed E-state index contributed by atoms with van der Waals surface area (Å²) in [6.07, 6.45) is -1.19. The maximum absolute atomic E-state index is 12.8. The van der Waals surface area contributed by atoms with Crippen molar-refractivity contribution >= 4 is 39.6 Å². The topological polar surface area (TPSA) is 183 Å². The van der Waals surface area contributed by atoms with E-state index in [1.165, 1.54) is 26.4 Å². The van der Waals surface area contributed by atoms with E-state index in [1.54, 1.807) is 4.72 Å². The summed E-state index contributed by atoms with van der Waals surface area (Å²) in [4.78, 5) is 39.2. The molecule has 14 nitrogen and oxygen atoms in total. The number of hydrogen-bond acceptors (Lipinski definition) is 11. The first-order valence-corrected chi connectivity index (χ1v) is 10.3. The van der Waals surface area contributed by atoms with Gasteiger partial charge in [0.2, 0.25) is 5.88 Å². The molecule has 1 aromatic heterocycles. The number of nitrogens with one attached hydrogen (secondary N) is 2. The first kappa shape index (κ1) is 25.2. The predicted molar refractivity (Wildman–Crippen MR) is 111 cm³/mol. The van der Waals surface area contributed by atoms with Crippen LogP contribution >= 0.6 is 0 Å². The minimum atomic E-state index is -4.63. The minimum absolute atomic E-state index is 0.0464. The number of pyridine rings is 1. The van der Waals surface area contributed by atoms with E-state index in [4.69, 9.17) is 9.47 Å². The highest BCUT2D eigenvalue weighted by atomic mass is 32.2. The van der Waals surface area contributed by atoms with Crippen LogP contribution in [0.15, 0.2) is 35.2 Å². The van der Waals surface area contributed by atoms with Crippen molar-refractivity contribution < 1.29 is 47.0 Å². The van der Waals surface area contributed by atoms with Crippen molar-refractivity contribution in [3.63, 3.8) is 0 Å². The van der Waals surface area contributed by atoms with Crippen LogP contribution in [0.1, 0.15) is 10.4 Å². The van der Waals surface area contributed by atoms with E-state index >= 15 is 0 Å². The molecule has 2 aromatic rings. The summed E-state index contributed by atoms with van der Waals surface area (Å²) in [6, 6.07) is 4.29. The van der Waals surface area contributed by atoms with Crippen LogP contribution in [0.3, 0.4) is 0 Å². The maximum Gasteiger partial charge on any atom is 0.438 e. The van der Waals surface area contributed by atoms with E-state index in [0.717, 1.165) is 32.4 Å². The molecule has 0 bridgehead atoms. The molecule has 15 heteroatoms. The van der Waals surface area contributed by atoms with E-state index in [-0.39, 0.29) is 28.2 Å². The molecule has 0 saturated carbocycles. The van der Waals surface area contributed by atoms with Crippen LogP contribution in [0, 0.1) is 0 Å². The third kappa shape index (κ3) is 5.98. The number of benzene rings is 1. The van der Waals surface area contributed by atoms with Crippen molar-refractivity contribution in [2.45, 2.75) is 4.90 Å². The monoisotopic (exact) mass is 484 g/mol. The Labute approximate surface area is 188 Å². The highest BCUT2D eigenvalue weighted by Gasteiger charge is 2.27. The third-order valence-corrected chi connectivity index (χ3v) is 5.33. The quantitative estimate of drug-likeness (QED) is 0.293. The highest BCUT2D eigenvalue weighted by Crippen LogP contribution is 2.25. The number of rotatable bonds is 7. The van der Waals surface area contributed by atoms with Crippen LogP contribution in [0.2, 0.25) is 0 Å². The number of urea groups is 1. The van der Waals surface area contributed by atoms with Gasteiger partial charge in [-0.15, -0.1) is 0 Å². The summed E-state index contributed by atoms with van der Waals surface area (Å²) in [5.74, 6) is -0.829. The number of hydrogen-bond donors (Lipinski definition) is 3. The lowest BCUT2D eigenvalue weighted by atomic mass is 10.2. The molecule has 0 spiro atoms. The smallest absolute Gasteiger partial charge is 0.438 e. The van der Waals surface area contributed by atoms with Gasteiger partial charge in [-0.1, -0.05) is 0 Å². The van der Waals surface area contributed by atoms with E-state index < -0.39 is 38.6 Å². The Bertz CT molecular complexity index is 1150.